The van der Waals surface area contributed by atoms with E-state index in [1.165, 1.54) is 6.92 Å². The van der Waals surface area contributed by atoms with Crippen molar-refractivity contribution in [3.63, 3.8) is 0 Å². The fourth-order valence-electron chi connectivity index (χ4n) is 1.64. The minimum absolute atomic E-state index is 0.343. The number of carbonyl (C=O) groups is 1. The summed E-state index contributed by atoms with van der Waals surface area (Å²) in [4.78, 5) is 11.2. The molecular formula is C16H13ClO2. The molecule has 0 aromatic heterocycles. The van der Waals surface area contributed by atoms with E-state index in [1.807, 2.05) is 48.5 Å². The van der Waals surface area contributed by atoms with Crippen LogP contribution in [0.4, 0.5) is 0 Å². The molecule has 0 heterocycles. The molecule has 0 fully saturated rings. The fourth-order valence-corrected chi connectivity index (χ4v) is 1.77. The summed E-state index contributed by atoms with van der Waals surface area (Å²) in [6.07, 6.45) is 1.81. The third-order valence-corrected chi connectivity index (χ3v) is 2.73. The Morgan fingerprint density at radius 1 is 1.05 bits per heavy atom. The maximum atomic E-state index is 11.2. The van der Waals surface area contributed by atoms with Gasteiger partial charge in [0.25, 0.3) is 0 Å². The van der Waals surface area contributed by atoms with E-state index >= 15 is 0 Å². The molecule has 0 aliphatic heterocycles. The molecule has 0 aliphatic rings. The average molecular weight is 273 g/mol. The van der Waals surface area contributed by atoms with Gasteiger partial charge in [-0.2, -0.15) is 0 Å². The van der Waals surface area contributed by atoms with Crippen molar-refractivity contribution >= 4 is 29.4 Å². The van der Waals surface area contributed by atoms with Gasteiger partial charge in [0.05, 0.1) is 0 Å². The van der Waals surface area contributed by atoms with Gasteiger partial charge in [-0.25, -0.2) is 0 Å². The quantitative estimate of drug-likeness (QED) is 0.470. The highest BCUT2D eigenvalue weighted by atomic mass is 35.5. The first-order valence-corrected chi connectivity index (χ1v) is 6.24. The Hall–Kier alpha value is -2.06. The van der Waals surface area contributed by atoms with Crippen molar-refractivity contribution in [2.45, 2.75) is 6.92 Å². The Labute approximate surface area is 117 Å². The molecule has 96 valence electrons. The second kappa shape index (κ2) is 6.21. The molecule has 0 N–H and O–H groups in total. The minimum Gasteiger partial charge on any atom is -0.426 e. The molecule has 0 radical (unpaired) electrons. The molecule has 2 aromatic carbocycles. The summed E-state index contributed by atoms with van der Waals surface area (Å²) in [5.74, 6) is 0.180. The Morgan fingerprint density at radius 3 is 2.26 bits per heavy atom. The zero-order valence-corrected chi connectivity index (χ0v) is 11.2. The van der Waals surface area contributed by atoms with Crippen LogP contribution in [0.2, 0.25) is 5.02 Å². The molecule has 0 bridgehead atoms. The standard InChI is InChI=1S/C16H13ClO2/c1-12(18)19-16(14-5-3-2-4-6-14)11-13-7-9-15(17)10-8-13/h2-11H,1H3. The van der Waals surface area contributed by atoms with Crippen LogP contribution in [-0.2, 0) is 9.53 Å². The molecule has 0 saturated carbocycles. The highest BCUT2D eigenvalue weighted by molar-refractivity contribution is 6.30. The second-order valence-electron chi connectivity index (χ2n) is 4.02. The zero-order valence-electron chi connectivity index (χ0n) is 10.5. The normalized spacial score (nSPS) is 11.2. The highest BCUT2D eigenvalue weighted by Gasteiger charge is 2.05. The van der Waals surface area contributed by atoms with E-state index in [0.29, 0.717) is 10.8 Å². The van der Waals surface area contributed by atoms with Gasteiger partial charge in [-0.1, -0.05) is 54.1 Å². The van der Waals surface area contributed by atoms with Gasteiger partial charge in [-0.05, 0) is 23.8 Å². The minimum atomic E-state index is -0.343. The summed E-state index contributed by atoms with van der Waals surface area (Å²) < 4.78 is 5.26. The van der Waals surface area contributed by atoms with Crippen molar-refractivity contribution in [2.75, 3.05) is 0 Å². The number of halogens is 1. The molecule has 0 saturated heterocycles. The summed E-state index contributed by atoms with van der Waals surface area (Å²) in [5.41, 5.74) is 1.78. The number of carbonyl (C=O) groups excluding carboxylic acids is 1. The van der Waals surface area contributed by atoms with Crippen LogP contribution < -0.4 is 0 Å². The molecule has 0 unspecified atom stereocenters. The number of esters is 1. The molecule has 19 heavy (non-hydrogen) atoms. The summed E-state index contributed by atoms with van der Waals surface area (Å²) in [6.45, 7) is 1.39. The molecule has 2 nitrogen and oxygen atoms in total. The summed E-state index contributed by atoms with van der Waals surface area (Å²) in [7, 11) is 0. The lowest BCUT2D eigenvalue weighted by atomic mass is 10.1. The number of hydrogen-bond acceptors (Lipinski definition) is 2. The van der Waals surface area contributed by atoms with Crippen LogP contribution in [0.25, 0.3) is 11.8 Å². The van der Waals surface area contributed by atoms with Crippen LogP contribution in [0.5, 0.6) is 0 Å². The van der Waals surface area contributed by atoms with Crippen molar-refractivity contribution < 1.29 is 9.53 Å². The Morgan fingerprint density at radius 2 is 1.68 bits per heavy atom. The second-order valence-corrected chi connectivity index (χ2v) is 4.46. The molecule has 0 atom stereocenters. The molecule has 0 spiro atoms. The van der Waals surface area contributed by atoms with Gasteiger partial charge in [0.15, 0.2) is 0 Å². The van der Waals surface area contributed by atoms with Crippen LogP contribution in [0.3, 0.4) is 0 Å². The molecule has 2 aromatic rings. The number of benzene rings is 2. The maximum Gasteiger partial charge on any atom is 0.308 e. The van der Waals surface area contributed by atoms with Crippen molar-refractivity contribution in [3.8, 4) is 0 Å². The molecule has 3 heteroatoms. The lowest BCUT2D eigenvalue weighted by Gasteiger charge is -2.07. The monoisotopic (exact) mass is 272 g/mol. The van der Waals surface area contributed by atoms with Gasteiger partial charge in [-0.3, -0.25) is 4.79 Å². The van der Waals surface area contributed by atoms with E-state index in [2.05, 4.69) is 0 Å². The van der Waals surface area contributed by atoms with Crippen LogP contribution in [-0.4, -0.2) is 5.97 Å². The van der Waals surface area contributed by atoms with Crippen LogP contribution >= 0.6 is 11.6 Å². The lowest BCUT2D eigenvalue weighted by molar-refractivity contribution is -0.134. The van der Waals surface area contributed by atoms with Gasteiger partial charge < -0.3 is 4.74 Å². The van der Waals surface area contributed by atoms with Crippen LogP contribution in [0.15, 0.2) is 54.6 Å². The van der Waals surface area contributed by atoms with E-state index in [0.717, 1.165) is 11.1 Å². The van der Waals surface area contributed by atoms with Gasteiger partial charge in [0.2, 0.25) is 0 Å². The van der Waals surface area contributed by atoms with Crippen molar-refractivity contribution in [3.05, 3.63) is 70.7 Å². The molecule has 2 rings (SSSR count). The number of ether oxygens (including phenoxy) is 1. The summed E-state index contributed by atoms with van der Waals surface area (Å²) in [6, 6.07) is 16.8. The van der Waals surface area contributed by atoms with E-state index in [4.69, 9.17) is 16.3 Å². The first-order chi connectivity index (χ1) is 9.15. The Bertz CT molecular complexity index is 586. The number of rotatable bonds is 3. The first-order valence-electron chi connectivity index (χ1n) is 5.86. The lowest BCUT2D eigenvalue weighted by Crippen LogP contribution is -1.98. The van der Waals surface area contributed by atoms with Crippen molar-refractivity contribution in [1.82, 2.24) is 0 Å². The van der Waals surface area contributed by atoms with Crippen molar-refractivity contribution in [1.29, 1.82) is 0 Å². The summed E-state index contributed by atoms with van der Waals surface area (Å²) >= 11 is 5.84. The van der Waals surface area contributed by atoms with Crippen LogP contribution in [0, 0.1) is 0 Å². The molecular weight excluding hydrogens is 260 g/mol. The Balaban J connectivity index is 2.37. The van der Waals surface area contributed by atoms with Gasteiger partial charge >= 0.3 is 5.97 Å². The zero-order chi connectivity index (χ0) is 13.7. The largest absolute Gasteiger partial charge is 0.426 e. The summed E-state index contributed by atoms with van der Waals surface area (Å²) in [5, 5.41) is 0.672. The van der Waals surface area contributed by atoms with Gasteiger partial charge in [0.1, 0.15) is 5.76 Å². The first kappa shape index (κ1) is 13.4. The van der Waals surface area contributed by atoms with Crippen molar-refractivity contribution in [2.24, 2.45) is 0 Å². The van der Waals surface area contributed by atoms with E-state index in [-0.39, 0.29) is 5.97 Å². The predicted molar refractivity (Wildman–Crippen MR) is 77.5 cm³/mol. The topological polar surface area (TPSA) is 26.3 Å². The van der Waals surface area contributed by atoms with E-state index in [1.54, 1.807) is 12.1 Å². The Kier molecular flexibility index (Phi) is 4.37. The van der Waals surface area contributed by atoms with Gasteiger partial charge in [0, 0.05) is 17.5 Å². The molecule has 0 aliphatic carbocycles. The van der Waals surface area contributed by atoms with E-state index < -0.39 is 0 Å². The predicted octanol–water partition coefficient (Wildman–Crippen LogP) is 4.40. The maximum absolute atomic E-state index is 11.2. The highest BCUT2D eigenvalue weighted by Crippen LogP contribution is 2.20. The van der Waals surface area contributed by atoms with E-state index in [9.17, 15) is 4.79 Å². The molecule has 0 amide bonds. The SMILES string of the molecule is CC(=O)OC(=Cc1ccc(Cl)cc1)c1ccccc1. The third kappa shape index (κ3) is 3.97. The smallest absolute Gasteiger partial charge is 0.308 e. The number of hydrogen-bond donors (Lipinski definition) is 0. The fraction of sp³-hybridized carbons (Fsp3) is 0.0625. The average Bonchev–Trinajstić information content (AvgIpc) is 2.41. The van der Waals surface area contributed by atoms with Crippen LogP contribution in [0.1, 0.15) is 18.1 Å². The van der Waals surface area contributed by atoms with Gasteiger partial charge in [-0.15, -0.1) is 0 Å². The third-order valence-electron chi connectivity index (χ3n) is 2.48.